The second-order valence-corrected chi connectivity index (χ2v) is 7.74. The average molecular weight is 376 g/mol. The van der Waals surface area contributed by atoms with Gasteiger partial charge in [0.25, 0.3) is 0 Å². The van der Waals surface area contributed by atoms with E-state index in [0.717, 1.165) is 73.9 Å². The van der Waals surface area contributed by atoms with Crippen LogP contribution in [0.5, 0.6) is 0 Å². The monoisotopic (exact) mass is 375 g/mol. The number of hydrogen-bond acceptors (Lipinski definition) is 4. The van der Waals surface area contributed by atoms with Crippen molar-refractivity contribution in [2.45, 2.75) is 26.7 Å². The number of anilines is 1. The van der Waals surface area contributed by atoms with Crippen LogP contribution in [0.15, 0.2) is 54.7 Å². The van der Waals surface area contributed by atoms with Gasteiger partial charge in [0.2, 0.25) is 0 Å². The van der Waals surface area contributed by atoms with Gasteiger partial charge in [0.1, 0.15) is 5.82 Å². The fourth-order valence-electron chi connectivity index (χ4n) is 3.94. The molecule has 3 heterocycles. The van der Waals surface area contributed by atoms with Gasteiger partial charge in [-0.25, -0.2) is 4.98 Å². The van der Waals surface area contributed by atoms with Crippen LogP contribution in [-0.4, -0.2) is 52.2 Å². The average Bonchev–Trinajstić information content (AvgIpc) is 3.12. The zero-order chi connectivity index (χ0) is 19.5. The number of benzene rings is 1. The summed E-state index contributed by atoms with van der Waals surface area (Å²) in [6, 6.07) is 12.7. The van der Waals surface area contributed by atoms with Crippen LogP contribution in [-0.2, 0) is 6.42 Å². The number of aryl methyl sites for hydroxylation is 1. The van der Waals surface area contributed by atoms with Crippen molar-refractivity contribution < 1.29 is 0 Å². The lowest BCUT2D eigenvalue weighted by Gasteiger charge is -2.36. The van der Waals surface area contributed by atoms with Gasteiger partial charge in [0.15, 0.2) is 5.65 Å². The standard InChI is InChI=1S/C23H29N5/c1-4-8-20-15-22(27-13-11-26(12-14-27)17-18(2)3)28-23(25-20)21(16-24-28)19-9-6-5-7-10-19/h5-7,9-10,15-16H,2,4,8,11-14,17H2,1,3H3. The Hall–Kier alpha value is -2.66. The first-order chi connectivity index (χ1) is 13.7. The second-order valence-electron chi connectivity index (χ2n) is 7.74. The summed E-state index contributed by atoms with van der Waals surface area (Å²) in [6.07, 6.45) is 4.02. The van der Waals surface area contributed by atoms with Crippen molar-refractivity contribution in [3.63, 3.8) is 0 Å². The summed E-state index contributed by atoms with van der Waals surface area (Å²) in [4.78, 5) is 9.89. The maximum Gasteiger partial charge on any atom is 0.165 e. The van der Waals surface area contributed by atoms with E-state index in [9.17, 15) is 0 Å². The Labute approximate surface area is 167 Å². The molecule has 0 N–H and O–H groups in total. The summed E-state index contributed by atoms with van der Waals surface area (Å²) in [5.74, 6) is 1.16. The molecule has 2 aromatic heterocycles. The molecule has 3 aromatic rings. The molecule has 28 heavy (non-hydrogen) atoms. The van der Waals surface area contributed by atoms with Gasteiger partial charge in [0, 0.05) is 50.0 Å². The van der Waals surface area contributed by atoms with E-state index < -0.39 is 0 Å². The molecule has 1 aromatic carbocycles. The molecule has 5 nitrogen and oxygen atoms in total. The fourth-order valence-corrected chi connectivity index (χ4v) is 3.94. The highest BCUT2D eigenvalue weighted by Crippen LogP contribution is 2.28. The Morgan fingerprint density at radius 3 is 2.54 bits per heavy atom. The summed E-state index contributed by atoms with van der Waals surface area (Å²) in [5, 5.41) is 4.72. The van der Waals surface area contributed by atoms with Crippen molar-refractivity contribution in [1.29, 1.82) is 0 Å². The van der Waals surface area contributed by atoms with E-state index in [2.05, 4.69) is 60.6 Å². The maximum absolute atomic E-state index is 4.96. The van der Waals surface area contributed by atoms with Crippen molar-refractivity contribution in [3.05, 3.63) is 60.4 Å². The largest absolute Gasteiger partial charge is 0.354 e. The first-order valence-corrected chi connectivity index (χ1v) is 10.2. The first kappa shape index (κ1) is 18.7. The molecule has 0 unspecified atom stereocenters. The minimum atomic E-state index is 0.955. The Kier molecular flexibility index (Phi) is 5.44. The van der Waals surface area contributed by atoms with Crippen molar-refractivity contribution >= 4 is 11.5 Å². The van der Waals surface area contributed by atoms with Gasteiger partial charge in [-0.05, 0) is 18.9 Å². The number of nitrogens with zero attached hydrogens (tertiary/aromatic N) is 5. The van der Waals surface area contributed by atoms with E-state index in [4.69, 9.17) is 10.1 Å². The lowest BCUT2D eigenvalue weighted by Crippen LogP contribution is -2.47. The minimum absolute atomic E-state index is 0.955. The zero-order valence-corrected chi connectivity index (χ0v) is 16.9. The molecule has 0 amide bonds. The number of piperazine rings is 1. The number of fused-ring (bicyclic) bond motifs is 1. The minimum Gasteiger partial charge on any atom is -0.354 e. The highest BCUT2D eigenvalue weighted by Gasteiger charge is 2.21. The molecule has 1 aliphatic rings. The van der Waals surface area contributed by atoms with Crippen LogP contribution in [0.4, 0.5) is 5.82 Å². The molecule has 1 fully saturated rings. The molecular formula is C23H29N5. The molecule has 1 saturated heterocycles. The Morgan fingerprint density at radius 2 is 1.86 bits per heavy atom. The third kappa shape index (κ3) is 3.80. The maximum atomic E-state index is 4.96. The molecule has 0 radical (unpaired) electrons. The molecule has 0 aliphatic carbocycles. The van der Waals surface area contributed by atoms with Crippen LogP contribution >= 0.6 is 0 Å². The Morgan fingerprint density at radius 1 is 1.11 bits per heavy atom. The van der Waals surface area contributed by atoms with E-state index in [1.807, 2.05) is 16.8 Å². The van der Waals surface area contributed by atoms with E-state index in [1.165, 1.54) is 5.57 Å². The van der Waals surface area contributed by atoms with Crippen molar-refractivity contribution in [3.8, 4) is 11.1 Å². The van der Waals surface area contributed by atoms with E-state index in [-0.39, 0.29) is 0 Å². The highest BCUT2D eigenvalue weighted by molar-refractivity contribution is 5.78. The molecule has 0 atom stereocenters. The predicted octanol–water partition coefficient (Wildman–Crippen LogP) is 4.05. The molecular weight excluding hydrogens is 346 g/mol. The highest BCUT2D eigenvalue weighted by atomic mass is 15.4. The van der Waals surface area contributed by atoms with Crippen LogP contribution < -0.4 is 4.90 Å². The normalized spacial score (nSPS) is 15.3. The van der Waals surface area contributed by atoms with Crippen molar-refractivity contribution in [2.75, 3.05) is 37.6 Å². The van der Waals surface area contributed by atoms with Gasteiger partial charge in [-0.3, -0.25) is 4.90 Å². The molecule has 1 aliphatic heterocycles. The van der Waals surface area contributed by atoms with Gasteiger partial charge in [-0.2, -0.15) is 9.61 Å². The van der Waals surface area contributed by atoms with Crippen LogP contribution in [0.1, 0.15) is 26.0 Å². The van der Waals surface area contributed by atoms with Crippen LogP contribution in [0.25, 0.3) is 16.8 Å². The van der Waals surface area contributed by atoms with Crippen molar-refractivity contribution in [2.24, 2.45) is 0 Å². The van der Waals surface area contributed by atoms with Crippen LogP contribution in [0.3, 0.4) is 0 Å². The molecule has 5 heteroatoms. The van der Waals surface area contributed by atoms with Gasteiger partial charge in [-0.15, -0.1) is 0 Å². The zero-order valence-electron chi connectivity index (χ0n) is 16.9. The second kappa shape index (κ2) is 8.15. The van der Waals surface area contributed by atoms with E-state index in [0.29, 0.717) is 0 Å². The fraction of sp³-hybridized carbons (Fsp3) is 0.391. The van der Waals surface area contributed by atoms with Gasteiger partial charge >= 0.3 is 0 Å². The summed E-state index contributed by atoms with van der Waals surface area (Å²) in [5.41, 5.74) is 5.59. The van der Waals surface area contributed by atoms with Gasteiger partial charge < -0.3 is 4.90 Å². The quantitative estimate of drug-likeness (QED) is 0.609. The molecule has 0 spiro atoms. The SMILES string of the molecule is C=C(C)CN1CCN(c2cc(CCC)nc3c(-c4ccccc4)cnn23)CC1. The predicted molar refractivity (Wildman–Crippen MR) is 116 cm³/mol. The number of hydrogen-bond donors (Lipinski definition) is 0. The third-order valence-electron chi connectivity index (χ3n) is 5.29. The molecule has 146 valence electrons. The molecule has 4 rings (SSSR count). The van der Waals surface area contributed by atoms with Crippen LogP contribution in [0.2, 0.25) is 0 Å². The first-order valence-electron chi connectivity index (χ1n) is 10.2. The third-order valence-corrected chi connectivity index (χ3v) is 5.29. The summed E-state index contributed by atoms with van der Waals surface area (Å²) in [7, 11) is 0. The topological polar surface area (TPSA) is 36.7 Å². The lowest BCUT2D eigenvalue weighted by atomic mass is 10.1. The van der Waals surface area contributed by atoms with Crippen molar-refractivity contribution in [1.82, 2.24) is 19.5 Å². The van der Waals surface area contributed by atoms with Gasteiger partial charge in [-0.1, -0.05) is 55.8 Å². The molecule has 0 saturated carbocycles. The molecule has 0 bridgehead atoms. The smallest absolute Gasteiger partial charge is 0.165 e. The summed E-state index contributed by atoms with van der Waals surface area (Å²) >= 11 is 0. The number of rotatable bonds is 6. The van der Waals surface area contributed by atoms with Gasteiger partial charge in [0.05, 0.1) is 6.20 Å². The van der Waals surface area contributed by atoms with E-state index in [1.54, 1.807) is 0 Å². The number of aromatic nitrogens is 3. The summed E-state index contributed by atoms with van der Waals surface area (Å²) < 4.78 is 2.02. The summed E-state index contributed by atoms with van der Waals surface area (Å²) in [6.45, 7) is 13.4. The van der Waals surface area contributed by atoms with E-state index >= 15 is 0 Å². The van der Waals surface area contributed by atoms with Crippen LogP contribution in [0, 0.1) is 0 Å². The Bertz CT molecular complexity index is 952. The lowest BCUT2D eigenvalue weighted by molar-refractivity contribution is 0.277. The Balaban J connectivity index is 1.70.